The summed E-state index contributed by atoms with van der Waals surface area (Å²) in [5, 5.41) is 0. The van der Waals surface area contributed by atoms with Crippen LogP contribution in [0.3, 0.4) is 0 Å². The smallest absolute Gasteiger partial charge is 0.255 e. The summed E-state index contributed by atoms with van der Waals surface area (Å²) >= 11 is 0. The highest BCUT2D eigenvalue weighted by molar-refractivity contribution is 5.18. The zero-order valence-corrected chi connectivity index (χ0v) is 9.08. The zero-order valence-electron chi connectivity index (χ0n) is 9.08. The lowest BCUT2D eigenvalue weighted by atomic mass is 9.97. The van der Waals surface area contributed by atoms with Crippen molar-refractivity contribution in [1.82, 2.24) is 4.57 Å². The molecule has 3 heteroatoms. The van der Waals surface area contributed by atoms with Crippen molar-refractivity contribution in [2.45, 2.75) is 39.3 Å². The normalized spacial score (nSPS) is 11.7. The van der Waals surface area contributed by atoms with Crippen LogP contribution in [0.2, 0.25) is 0 Å². The monoisotopic (exact) mass is 194 g/mol. The van der Waals surface area contributed by atoms with Gasteiger partial charge in [-0.15, -0.1) is 0 Å². The van der Waals surface area contributed by atoms with E-state index in [9.17, 15) is 4.79 Å². The van der Waals surface area contributed by atoms with Crippen LogP contribution in [0.15, 0.2) is 23.1 Å². The minimum absolute atomic E-state index is 0.0295. The molecule has 0 saturated carbocycles. The number of hydrogen-bond acceptors (Lipinski definition) is 2. The highest BCUT2D eigenvalue weighted by Crippen LogP contribution is 2.11. The van der Waals surface area contributed by atoms with Crippen LogP contribution in [0.4, 0.5) is 0 Å². The second-order valence-corrected chi connectivity index (χ2v) is 4.14. The number of nitrogens with two attached hydrogens (primary N) is 1. The highest BCUT2D eigenvalue weighted by Gasteiger charge is 2.18. The molecule has 0 unspecified atom stereocenters. The summed E-state index contributed by atoms with van der Waals surface area (Å²) < 4.78 is 1.71. The number of pyridine rings is 1. The van der Waals surface area contributed by atoms with Gasteiger partial charge in [0.05, 0.1) is 0 Å². The molecule has 1 aromatic heterocycles. The third kappa shape index (κ3) is 2.23. The maximum Gasteiger partial charge on any atom is 0.255 e. The van der Waals surface area contributed by atoms with Crippen LogP contribution in [0.1, 0.15) is 32.8 Å². The van der Waals surface area contributed by atoms with E-state index in [-0.39, 0.29) is 5.56 Å². The lowest BCUT2D eigenvalue weighted by molar-refractivity contribution is 0.530. The fourth-order valence-electron chi connectivity index (χ4n) is 1.44. The van der Waals surface area contributed by atoms with Gasteiger partial charge in [-0.1, -0.05) is 13.0 Å². The molecule has 1 rings (SSSR count). The quantitative estimate of drug-likeness (QED) is 0.791. The van der Waals surface area contributed by atoms with Crippen LogP contribution >= 0.6 is 0 Å². The van der Waals surface area contributed by atoms with E-state index in [1.165, 1.54) is 0 Å². The Balaban J connectivity index is 3.22. The summed E-state index contributed by atoms with van der Waals surface area (Å²) in [6.45, 7) is 6.50. The summed E-state index contributed by atoms with van der Waals surface area (Å²) in [5.41, 5.74) is 6.05. The SMILES string of the molecule is CCCn1cccc(C(C)(C)N)c1=O. The van der Waals surface area contributed by atoms with Gasteiger partial charge in [0, 0.05) is 23.8 Å². The van der Waals surface area contributed by atoms with Crippen molar-refractivity contribution in [2.24, 2.45) is 5.73 Å². The van der Waals surface area contributed by atoms with E-state index in [1.54, 1.807) is 16.8 Å². The van der Waals surface area contributed by atoms with Crippen LogP contribution in [0.5, 0.6) is 0 Å². The van der Waals surface area contributed by atoms with Crippen molar-refractivity contribution in [3.8, 4) is 0 Å². The molecule has 78 valence electrons. The van der Waals surface area contributed by atoms with E-state index in [4.69, 9.17) is 5.73 Å². The summed E-state index contributed by atoms with van der Waals surface area (Å²) in [7, 11) is 0. The lowest BCUT2D eigenvalue weighted by Gasteiger charge is -2.19. The van der Waals surface area contributed by atoms with Crippen molar-refractivity contribution in [1.29, 1.82) is 0 Å². The Morgan fingerprint density at radius 1 is 1.50 bits per heavy atom. The van der Waals surface area contributed by atoms with Gasteiger partial charge in [-0.25, -0.2) is 0 Å². The van der Waals surface area contributed by atoms with E-state index < -0.39 is 5.54 Å². The molecular weight excluding hydrogens is 176 g/mol. The average Bonchev–Trinajstić information content (AvgIpc) is 2.07. The summed E-state index contributed by atoms with van der Waals surface area (Å²) in [6.07, 6.45) is 2.76. The first-order chi connectivity index (χ1) is 6.46. The van der Waals surface area contributed by atoms with Crippen LogP contribution in [-0.2, 0) is 12.1 Å². The van der Waals surface area contributed by atoms with E-state index in [0.717, 1.165) is 13.0 Å². The molecule has 3 nitrogen and oxygen atoms in total. The van der Waals surface area contributed by atoms with Gasteiger partial charge in [-0.2, -0.15) is 0 Å². The van der Waals surface area contributed by atoms with Crippen LogP contribution in [-0.4, -0.2) is 4.57 Å². The van der Waals surface area contributed by atoms with Gasteiger partial charge in [0.2, 0.25) is 0 Å². The average molecular weight is 194 g/mol. The molecule has 1 aromatic rings. The molecule has 14 heavy (non-hydrogen) atoms. The lowest BCUT2D eigenvalue weighted by Crippen LogP contribution is -2.37. The topological polar surface area (TPSA) is 48.0 Å². The standard InChI is InChI=1S/C11H18N2O/c1-4-7-13-8-5-6-9(10(13)14)11(2,3)12/h5-6,8H,4,7,12H2,1-3H3. The maximum atomic E-state index is 11.9. The van der Waals surface area contributed by atoms with Crippen molar-refractivity contribution in [3.63, 3.8) is 0 Å². The first-order valence-corrected chi connectivity index (χ1v) is 4.95. The van der Waals surface area contributed by atoms with Gasteiger partial charge in [0.25, 0.3) is 5.56 Å². The molecule has 1 heterocycles. The molecule has 0 aliphatic carbocycles. The summed E-state index contributed by atoms with van der Waals surface area (Å²) in [5.74, 6) is 0. The Morgan fingerprint density at radius 3 is 2.64 bits per heavy atom. The number of aryl methyl sites for hydroxylation is 1. The van der Waals surface area contributed by atoms with Gasteiger partial charge in [0.15, 0.2) is 0 Å². The number of aromatic nitrogens is 1. The van der Waals surface area contributed by atoms with Crippen molar-refractivity contribution in [3.05, 3.63) is 34.2 Å². The Labute approximate surface area is 84.6 Å². The first-order valence-electron chi connectivity index (χ1n) is 4.95. The van der Waals surface area contributed by atoms with Gasteiger partial charge in [-0.3, -0.25) is 4.79 Å². The van der Waals surface area contributed by atoms with E-state index in [0.29, 0.717) is 5.56 Å². The summed E-state index contributed by atoms with van der Waals surface area (Å²) in [6, 6.07) is 3.68. The molecule has 0 bridgehead atoms. The molecule has 0 aromatic carbocycles. The van der Waals surface area contributed by atoms with Crippen molar-refractivity contribution >= 4 is 0 Å². The predicted octanol–water partition coefficient (Wildman–Crippen LogP) is 1.45. The molecule has 0 fully saturated rings. The minimum Gasteiger partial charge on any atom is -0.322 e. The van der Waals surface area contributed by atoms with Gasteiger partial charge in [0.1, 0.15) is 0 Å². The third-order valence-corrected chi connectivity index (χ3v) is 2.18. The molecule has 2 N–H and O–H groups in total. The van der Waals surface area contributed by atoms with Crippen LogP contribution < -0.4 is 11.3 Å². The molecule has 0 spiro atoms. The van der Waals surface area contributed by atoms with Crippen LogP contribution in [0.25, 0.3) is 0 Å². The fraction of sp³-hybridized carbons (Fsp3) is 0.545. The second kappa shape index (κ2) is 3.96. The minimum atomic E-state index is -0.562. The Bertz CT molecular complexity index is 360. The van der Waals surface area contributed by atoms with Gasteiger partial charge >= 0.3 is 0 Å². The Hall–Kier alpha value is -1.09. The van der Waals surface area contributed by atoms with Gasteiger partial charge < -0.3 is 10.3 Å². The van der Waals surface area contributed by atoms with E-state index in [2.05, 4.69) is 0 Å². The first kappa shape index (κ1) is 11.0. The molecule has 0 amide bonds. The molecular formula is C11H18N2O. The maximum absolute atomic E-state index is 11.9. The highest BCUT2D eigenvalue weighted by atomic mass is 16.1. The number of nitrogens with zero attached hydrogens (tertiary/aromatic N) is 1. The Kier molecular flexibility index (Phi) is 3.11. The molecule has 0 atom stereocenters. The van der Waals surface area contributed by atoms with E-state index in [1.807, 2.05) is 26.8 Å². The van der Waals surface area contributed by atoms with Gasteiger partial charge in [-0.05, 0) is 26.3 Å². The second-order valence-electron chi connectivity index (χ2n) is 4.14. The molecule has 0 saturated heterocycles. The zero-order chi connectivity index (χ0) is 10.8. The van der Waals surface area contributed by atoms with Crippen LogP contribution in [0, 0.1) is 0 Å². The predicted molar refractivity (Wildman–Crippen MR) is 58.2 cm³/mol. The Morgan fingerprint density at radius 2 is 2.14 bits per heavy atom. The fourth-order valence-corrected chi connectivity index (χ4v) is 1.44. The molecule has 0 aliphatic heterocycles. The molecule has 0 radical (unpaired) electrons. The number of rotatable bonds is 3. The van der Waals surface area contributed by atoms with Crippen molar-refractivity contribution < 1.29 is 0 Å². The molecule has 0 aliphatic rings. The number of hydrogen-bond donors (Lipinski definition) is 1. The van der Waals surface area contributed by atoms with E-state index >= 15 is 0 Å². The largest absolute Gasteiger partial charge is 0.322 e. The third-order valence-electron chi connectivity index (χ3n) is 2.18. The van der Waals surface area contributed by atoms with Crippen molar-refractivity contribution in [2.75, 3.05) is 0 Å². The summed E-state index contributed by atoms with van der Waals surface area (Å²) in [4.78, 5) is 11.9.